The average molecular weight is 267 g/mol. The average Bonchev–Trinajstić information content (AvgIpc) is 2.39. The summed E-state index contributed by atoms with van der Waals surface area (Å²) in [6.07, 6.45) is 1.17. The maximum absolute atomic E-state index is 13.4. The van der Waals surface area contributed by atoms with Crippen LogP contribution in [0.25, 0.3) is 0 Å². The molecular formula is C12H10FNO5. The monoisotopic (exact) mass is 267 g/mol. The minimum absolute atomic E-state index is 0.0195. The van der Waals surface area contributed by atoms with Crippen LogP contribution in [0.2, 0.25) is 0 Å². The number of hydrogen-bond acceptors (Lipinski definition) is 4. The highest BCUT2D eigenvalue weighted by molar-refractivity contribution is 6.02. The van der Waals surface area contributed by atoms with Gasteiger partial charge in [0, 0.05) is 5.69 Å². The fraction of sp³-hybridized carbons (Fsp3) is 0.167. The molecule has 1 aromatic carbocycles. The largest absolute Gasteiger partial charge is 0.494 e. The minimum atomic E-state index is -1.37. The Balaban J connectivity index is 2.11. The molecule has 0 saturated carbocycles. The molecule has 0 fully saturated rings. The molecule has 0 radical (unpaired) electrons. The third-order valence-electron chi connectivity index (χ3n) is 2.33. The first-order valence-electron chi connectivity index (χ1n) is 5.36. The highest BCUT2D eigenvalue weighted by Crippen LogP contribution is 2.16. The molecule has 0 aliphatic carbocycles. The molecule has 1 heterocycles. The van der Waals surface area contributed by atoms with Crippen LogP contribution in [0.4, 0.5) is 10.1 Å². The van der Waals surface area contributed by atoms with Gasteiger partial charge in [-0.05, 0) is 18.2 Å². The molecule has 1 aromatic rings. The first-order valence-corrected chi connectivity index (χ1v) is 5.36. The van der Waals surface area contributed by atoms with Crippen molar-refractivity contribution in [1.82, 2.24) is 0 Å². The van der Waals surface area contributed by atoms with Crippen LogP contribution < -0.4 is 5.32 Å². The van der Waals surface area contributed by atoms with E-state index in [1.165, 1.54) is 12.3 Å². The molecule has 0 bridgehead atoms. The van der Waals surface area contributed by atoms with Crippen molar-refractivity contribution in [3.63, 3.8) is 0 Å². The Morgan fingerprint density at radius 3 is 2.68 bits per heavy atom. The third kappa shape index (κ3) is 3.01. The third-order valence-corrected chi connectivity index (χ3v) is 2.33. The second-order valence-corrected chi connectivity index (χ2v) is 3.66. The van der Waals surface area contributed by atoms with Crippen molar-refractivity contribution >= 4 is 17.6 Å². The van der Waals surface area contributed by atoms with E-state index < -0.39 is 23.3 Å². The summed E-state index contributed by atoms with van der Waals surface area (Å²) in [6, 6.07) is 3.28. The van der Waals surface area contributed by atoms with Gasteiger partial charge in [-0.3, -0.25) is 4.79 Å². The maximum atomic E-state index is 13.4. The van der Waals surface area contributed by atoms with Gasteiger partial charge in [0.2, 0.25) is 5.76 Å². The van der Waals surface area contributed by atoms with Gasteiger partial charge in [0.1, 0.15) is 25.3 Å². The second-order valence-electron chi connectivity index (χ2n) is 3.66. The van der Waals surface area contributed by atoms with Gasteiger partial charge in [-0.1, -0.05) is 0 Å². The van der Waals surface area contributed by atoms with Gasteiger partial charge in [0.25, 0.3) is 5.91 Å². The van der Waals surface area contributed by atoms with Gasteiger partial charge in [-0.15, -0.1) is 0 Å². The molecule has 0 unspecified atom stereocenters. The van der Waals surface area contributed by atoms with Crippen molar-refractivity contribution in [1.29, 1.82) is 0 Å². The van der Waals surface area contributed by atoms with Crippen LogP contribution in [-0.2, 0) is 14.3 Å². The molecule has 0 atom stereocenters. The molecule has 19 heavy (non-hydrogen) atoms. The van der Waals surface area contributed by atoms with E-state index in [2.05, 4.69) is 5.32 Å². The lowest BCUT2D eigenvalue weighted by Crippen LogP contribution is -2.21. The fourth-order valence-corrected chi connectivity index (χ4v) is 1.45. The Bertz CT molecular complexity index is 555. The minimum Gasteiger partial charge on any atom is -0.494 e. The molecule has 2 N–H and O–H groups in total. The summed E-state index contributed by atoms with van der Waals surface area (Å²) in [5, 5.41) is 11.0. The number of ether oxygens (including phenoxy) is 2. The summed E-state index contributed by atoms with van der Waals surface area (Å²) in [7, 11) is 0. The zero-order chi connectivity index (χ0) is 13.8. The number of aromatic carboxylic acids is 1. The van der Waals surface area contributed by atoms with Crippen LogP contribution in [-0.4, -0.2) is 30.2 Å². The van der Waals surface area contributed by atoms with Gasteiger partial charge in [0.15, 0.2) is 0 Å². The Hall–Kier alpha value is -2.57. The van der Waals surface area contributed by atoms with Crippen molar-refractivity contribution in [3.05, 3.63) is 41.6 Å². The molecule has 2 rings (SSSR count). The molecule has 1 amide bonds. The van der Waals surface area contributed by atoms with E-state index in [9.17, 15) is 14.0 Å². The van der Waals surface area contributed by atoms with E-state index in [-0.39, 0.29) is 18.1 Å². The van der Waals surface area contributed by atoms with Crippen molar-refractivity contribution in [3.8, 4) is 0 Å². The van der Waals surface area contributed by atoms with Crippen LogP contribution in [0.15, 0.2) is 30.2 Å². The predicted octanol–water partition coefficient (Wildman–Crippen LogP) is 1.35. The van der Waals surface area contributed by atoms with Crippen molar-refractivity contribution < 1.29 is 28.6 Å². The van der Waals surface area contributed by atoms with Crippen molar-refractivity contribution in [2.45, 2.75) is 0 Å². The smallest absolute Gasteiger partial charge is 0.338 e. The summed E-state index contributed by atoms with van der Waals surface area (Å²) >= 11 is 0. The number of rotatable bonds is 3. The summed E-state index contributed by atoms with van der Waals surface area (Å²) in [5.41, 5.74) is -0.336. The van der Waals surface area contributed by atoms with E-state index in [1.807, 2.05) is 0 Å². The number of hydrogen-bond donors (Lipinski definition) is 2. The molecule has 1 aliphatic rings. The van der Waals surface area contributed by atoms with Crippen LogP contribution in [0.1, 0.15) is 10.4 Å². The van der Waals surface area contributed by atoms with E-state index in [0.717, 1.165) is 12.1 Å². The normalized spacial score (nSPS) is 13.8. The van der Waals surface area contributed by atoms with Crippen LogP contribution in [0, 0.1) is 5.82 Å². The maximum Gasteiger partial charge on any atom is 0.338 e. The van der Waals surface area contributed by atoms with Gasteiger partial charge in [0.05, 0.1) is 5.56 Å². The number of anilines is 1. The fourth-order valence-electron chi connectivity index (χ4n) is 1.45. The van der Waals surface area contributed by atoms with E-state index in [0.29, 0.717) is 6.61 Å². The molecule has 7 heteroatoms. The van der Waals surface area contributed by atoms with E-state index in [4.69, 9.17) is 14.6 Å². The molecular weight excluding hydrogens is 257 g/mol. The Kier molecular flexibility index (Phi) is 3.65. The number of nitrogens with one attached hydrogen (secondary N) is 1. The standard InChI is InChI=1S/C12H10FNO5/c13-9-5-7(1-2-8(9)12(16)17)14-11(15)10-6-18-3-4-19-10/h1-2,5-6H,3-4H2,(H,14,15)(H,16,17). The zero-order valence-electron chi connectivity index (χ0n) is 9.68. The number of carboxylic acid groups (broad SMARTS) is 1. The van der Waals surface area contributed by atoms with Gasteiger partial charge < -0.3 is 19.9 Å². The first-order chi connectivity index (χ1) is 9.08. The number of amides is 1. The van der Waals surface area contributed by atoms with Gasteiger partial charge in [-0.25, -0.2) is 9.18 Å². The molecule has 1 aliphatic heterocycles. The Labute approximate surface area is 107 Å². The van der Waals surface area contributed by atoms with Crippen LogP contribution in [0.3, 0.4) is 0 Å². The number of carbonyl (C=O) groups excluding carboxylic acids is 1. The topological polar surface area (TPSA) is 84.9 Å². The van der Waals surface area contributed by atoms with E-state index in [1.54, 1.807) is 0 Å². The van der Waals surface area contributed by atoms with Crippen molar-refractivity contribution in [2.75, 3.05) is 18.5 Å². The quantitative estimate of drug-likeness (QED) is 0.863. The number of halogens is 1. The van der Waals surface area contributed by atoms with Crippen LogP contribution >= 0.6 is 0 Å². The number of benzene rings is 1. The second kappa shape index (κ2) is 5.38. The molecule has 100 valence electrons. The SMILES string of the molecule is O=C(Nc1ccc(C(=O)O)c(F)c1)C1=COCCO1. The number of carbonyl (C=O) groups is 2. The lowest BCUT2D eigenvalue weighted by atomic mass is 10.2. The molecule has 0 aromatic heterocycles. The highest BCUT2D eigenvalue weighted by atomic mass is 19.1. The Morgan fingerprint density at radius 1 is 1.32 bits per heavy atom. The highest BCUT2D eigenvalue weighted by Gasteiger charge is 2.16. The molecule has 0 spiro atoms. The lowest BCUT2D eigenvalue weighted by molar-refractivity contribution is -0.117. The zero-order valence-corrected chi connectivity index (χ0v) is 9.68. The number of carboxylic acids is 1. The van der Waals surface area contributed by atoms with Crippen molar-refractivity contribution in [2.24, 2.45) is 0 Å². The van der Waals surface area contributed by atoms with Gasteiger partial charge in [-0.2, -0.15) is 0 Å². The van der Waals surface area contributed by atoms with E-state index >= 15 is 0 Å². The first kappa shape index (κ1) is 12.9. The molecule has 0 saturated heterocycles. The summed E-state index contributed by atoms with van der Waals surface area (Å²) < 4.78 is 23.3. The van der Waals surface area contributed by atoms with Crippen LogP contribution in [0.5, 0.6) is 0 Å². The summed E-state index contributed by atoms with van der Waals surface area (Å²) in [6.45, 7) is 0.615. The van der Waals surface area contributed by atoms with Gasteiger partial charge >= 0.3 is 5.97 Å². The summed E-state index contributed by atoms with van der Waals surface area (Å²) in [4.78, 5) is 22.3. The predicted molar refractivity (Wildman–Crippen MR) is 62.0 cm³/mol. The lowest BCUT2D eigenvalue weighted by Gasteiger charge is -2.15. The molecule has 6 nitrogen and oxygen atoms in total. The Morgan fingerprint density at radius 2 is 2.11 bits per heavy atom. The summed E-state index contributed by atoms with van der Waals surface area (Å²) in [5.74, 6) is -2.92.